The van der Waals surface area contributed by atoms with E-state index < -0.39 is 0 Å². The molecule has 0 aliphatic heterocycles. The number of halogens is 1. The quantitative estimate of drug-likeness (QED) is 0.816. The van der Waals surface area contributed by atoms with E-state index in [0.29, 0.717) is 5.57 Å². The number of aromatic nitrogens is 2. The molecule has 0 bridgehead atoms. The highest BCUT2D eigenvalue weighted by atomic mass is 79.9. The zero-order valence-corrected chi connectivity index (χ0v) is 12.2. The van der Waals surface area contributed by atoms with Gasteiger partial charge in [0.15, 0.2) is 0 Å². The van der Waals surface area contributed by atoms with Crippen molar-refractivity contribution >= 4 is 27.6 Å². The summed E-state index contributed by atoms with van der Waals surface area (Å²) in [7, 11) is 3.43. The molecule has 0 amide bonds. The Morgan fingerprint density at radius 3 is 2.89 bits per heavy atom. The lowest BCUT2D eigenvalue weighted by molar-refractivity contribution is 0.414. The maximum absolute atomic E-state index is 9.32. The molecule has 1 heterocycles. The summed E-state index contributed by atoms with van der Waals surface area (Å²) in [5.41, 5.74) is 2.22. The van der Waals surface area contributed by atoms with E-state index in [9.17, 15) is 5.26 Å². The summed E-state index contributed by atoms with van der Waals surface area (Å²) in [5.74, 6) is 0.725. The molecule has 4 nitrogen and oxygen atoms in total. The van der Waals surface area contributed by atoms with Crippen molar-refractivity contribution in [1.82, 2.24) is 9.78 Å². The SMILES string of the molecule is COc1cccc(/C(C#N)=C/c2c(Br)cnn2C)c1. The highest BCUT2D eigenvalue weighted by Gasteiger charge is 2.07. The summed E-state index contributed by atoms with van der Waals surface area (Å²) in [6.07, 6.45) is 3.50. The van der Waals surface area contributed by atoms with Crippen LogP contribution in [0.25, 0.3) is 11.6 Å². The van der Waals surface area contributed by atoms with Crippen LogP contribution in [0, 0.1) is 11.3 Å². The lowest BCUT2D eigenvalue weighted by Gasteiger charge is -2.04. The molecule has 0 unspecified atom stereocenters. The molecule has 1 aromatic carbocycles. The third-order valence-electron chi connectivity index (χ3n) is 2.72. The average molecular weight is 318 g/mol. The highest BCUT2D eigenvalue weighted by Crippen LogP contribution is 2.24. The van der Waals surface area contributed by atoms with Crippen LogP contribution in [0.2, 0.25) is 0 Å². The van der Waals surface area contributed by atoms with Crippen LogP contribution in [0.1, 0.15) is 11.3 Å². The molecule has 5 heteroatoms. The van der Waals surface area contributed by atoms with Gasteiger partial charge in [0.25, 0.3) is 0 Å². The maximum Gasteiger partial charge on any atom is 0.119 e. The number of nitriles is 1. The Kier molecular flexibility index (Phi) is 4.03. The largest absolute Gasteiger partial charge is 0.497 e. The van der Waals surface area contributed by atoms with Crippen LogP contribution in [-0.4, -0.2) is 16.9 Å². The van der Waals surface area contributed by atoms with Gasteiger partial charge in [0.05, 0.1) is 35.1 Å². The number of nitrogens with zero attached hydrogens (tertiary/aromatic N) is 3. The van der Waals surface area contributed by atoms with E-state index in [-0.39, 0.29) is 0 Å². The van der Waals surface area contributed by atoms with Crippen LogP contribution in [-0.2, 0) is 7.05 Å². The molecule has 1 aromatic heterocycles. The number of rotatable bonds is 3. The monoisotopic (exact) mass is 317 g/mol. The first-order valence-corrected chi connectivity index (χ1v) is 6.38. The van der Waals surface area contributed by atoms with Crippen LogP contribution in [0.3, 0.4) is 0 Å². The molecular formula is C14H12BrN3O. The van der Waals surface area contributed by atoms with Gasteiger partial charge >= 0.3 is 0 Å². The molecule has 0 spiro atoms. The van der Waals surface area contributed by atoms with Gasteiger partial charge < -0.3 is 4.74 Å². The van der Waals surface area contributed by atoms with Crippen molar-refractivity contribution in [2.24, 2.45) is 7.05 Å². The van der Waals surface area contributed by atoms with Gasteiger partial charge in [-0.3, -0.25) is 4.68 Å². The second kappa shape index (κ2) is 5.72. The number of hydrogen-bond acceptors (Lipinski definition) is 3. The predicted molar refractivity (Wildman–Crippen MR) is 77.4 cm³/mol. The zero-order valence-electron chi connectivity index (χ0n) is 10.6. The third-order valence-corrected chi connectivity index (χ3v) is 3.33. The summed E-state index contributed by atoms with van der Waals surface area (Å²) in [6.45, 7) is 0. The van der Waals surface area contributed by atoms with Gasteiger partial charge in [-0.1, -0.05) is 12.1 Å². The zero-order chi connectivity index (χ0) is 13.8. The van der Waals surface area contributed by atoms with Crippen LogP contribution in [0.15, 0.2) is 34.9 Å². The summed E-state index contributed by atoms with van der Waals surface area (Å²) in [6, 6.07) is 9.62. The standard InChI is InChI=1S/C14H12BrN3O/c1-18-14(13(15)9-17-18)7-11(8-16)10-4-3-5-12(6-10)19-2/h3-7,9H,1-2H3/b11-7+. The number of hydrogen-bond donors (Lipinski definition) is 0. The topological polar surface area (TPSA) is 50.8 Å². The third kappa shape index (κ3) is 2.85. The molecule has 2 rings (SSSR count). The Morgan fingerprint density at radius 2 is 2.32 bits per heavy atom. The molecule has 0 saturated carbocycles. The maximum atomic E-state index is 9.32. The van der Waals surface area contributed by atoms with Gasteiger partial charge in [-0.15, -0.1) is 0 Å². The second-order valence-electron chi connectivity index (χ2n) is 3.90. The smallest absolute Gasteiger partial charge is 0.119 e. The van der Waals surface area contributed by atoms with Crippen LogP contribution < -0.4 is 4.74 Å². The first-order valence-electron chi connectivity index (χ1n) is 5.59. The number of methoxy groups -OCH3 is 1. The van der Waals surface area contributed by atoms with Crippen molar-refractivity contribution in [1.29, 1.82) is 5.26 Å². The molecule has 0 atom stereocenters. The van der Waals surface area contributed by atoms with Gasteiger partial charge in [0, 0.05) is 7.05 Å². The Balaban J connectivity index is 2.48. The average Bonchev–Trinajstić information content (AvgIpc) is 2.75. The first-order chi connectivity index (χ1) is 9.15. The minimum atomic E-state index is 0.559. The molecule has 96 valence electrons. The minimum Gasteiger partial charge on any atom is -0.497 e. The highest BCUT2D eigenvalue weighted by molar-refractivity contribution is 9.10. The van der Waals surface area contributed by atoms with E-state index in [1.807, 2.05) is 31.3 Å². The van der Waals surface area contributed by atoms with Crippen molar-refractivity contribution in [2.75, 3.05) is 7.11 Å². The van der Waals surface area contributed by atoms with Crippen molar-refractivity contribution in [3.8, 4) is 11.8 Å². The molecule has 0 radical (unpaired) electrons. The fourth-order valence-electron chi connectivity index (χ4n) is 1.69. The number of benzene rings is 1. The first kappa shape index (κ1) is 13.4. The van der Waals surface area contributed by atoms with Gasteiger partial charge in [0.1, 0.15) is 5.75 Å². The number of ether oxygens (including phenoxy) is 1. The van der Waals surface area contributed by atoms with E-state index in [1.165, 1.54) is 0 Å². The lowest BCUT2D eigenvalue weighted by atomic mass is 10.1. The normalized spacial score (nSPS) is 11.2. The fraction of sp³-hybridized carbons (Fsp3) is 0.143. The number of allylic oxidation sites excluding steroid dienone is 1. The van der Waals surface area contributed by atoms with E-state index >= 15 is 0 Å². The van der Waals surface area contributed by atoms with Crippen molar-refractivity contribution in [3.63, 3.8) is 0 Å². The van der Waals surface area contributed by atoms with Gasteiger partial charge in [-0.05, 0) is 39.7 Å². The van der Waals surface area contributed by atoms with Gasteiger partial charge in [0.2, 0.25) is 0 Å². The Morgan fingerprint density at radius 1 is 1.53 bits per heavy atom. The molecule has 19 heavy (non-hydrogen) atoms. The molecule has 0 aliphatic rings. The van der Waals surface area contributed by atoms with Crippen LogP contribution >= 0.6 is 15.9 Å². The molecule has 0 fully saturated rings. The van der Waals surface area contributed by atoms with E-state index in [4.69, 9.17) is 4.74 Å². The van der Waals surface area contributed by atoms with Crippen molar-refractivity contribution in [3.05, 3.63) is 46.2 Å². The van der Waals surface area contributed by atoms with Crippen LogP contribution in [0.5, 0.6) is 5.75 Å². The van der Waals surface area contributed by atoms with E-state index in [1.54, 1.807) is 24.1 Å². The van der Waals surface area contributed by atoms with Crippen molar-refractivity contribution in [2.45, 2.75) is 0 Å². The molecule has 2 aromatic rings. The van der Waals surface area contributed by atoms with Crippen LogP contribution in [0.4, 0.5) is 0 Å². The predicted octanol–water partition coefficient (Wildman–Crippen LogP) is 3.26. The van der Waals surface area contributed by atoms with E-state index in [0.717, 1.165) is 21.5 Å². The summed E-state index contributed by atoms with van der Waals surface area (Å²) in [4.78, 5) is 0. The summed E-state index contributed by atoms with van der Waals surface area (Å²) < 4.78 is 7.73. The Bertz CT molecular complexity index is 648. The molecular weight excluding hydrogens is 306 g/mol. The fourth-order valence-corrected chi connectivity index (χ4v) is 2.15. The van der Waals surface area contributed by atoms with Gasteiger partial charge in [-0.2, -0.15) is 10.4 Å². The Hall–Kier alpha value is -2.06. The number of aryl methyl sites for hydroxylation is 1. The Labute approximate surface area is 120 Å². The van der Waals surface area contributed by atoms with Gasteiger partial charge in [-0.25, -0.2) is 0 Å². The second-order valence-corrected chi connectivity index (χ2v) is 4.76. The summed E-state index contributed by atoms with van der Waals surface area (Å²) in [5, 5.41) is 13.4. The van der Waals surface area contributed by atoms with Crippen molar-refractivity contribution < 1.29 is 4.74 Å². The lowest BCUT2D eigenvalue weighted by Crippen LogP contribution is -1.94. The molecule has 0 saturated heterocycles. The minimum absolute atomic E-state index is 0.559. The summed E-state index contributed by atoms with van der Waals surface area (Å²) >= 11 is 3.41. The van der Waals surface area contributed by atoms with E-state index in [2.05, 4.69) is 27.1 Å². The molecule has 0 aliphatic carbocycles. The molecule has 0 N–H and O–H groups in total.